The van der Waals surface area contributed by atoms with E-state index in [0.717, 1.165) is 74.3 Å². The van der Waals surface area contributed by atoms with Crippen molar-refractivity contribution in [1.29, 1.82) is 0 Å². The Labute approximate surface area is 817 Å². The minimum Gasteiger partial charge on any atom is -0.508 e. The van der Waals surface area contributed by atoms with Crippen LogP contribution >= 0.6 is 0 Å². The first-order valence-electron chi connectivity index (χ1n) is 44.6. The molecule has 0 atom stereocenters. The summed E-state index contributed by atoms with van der Waals surface area (Å²) in [6.45, 7) is 18.7. The lowest BCUT2D eigenvalue weighted by Gasteiger charge is -2.38. The Morgan fingerprint density at radius 2 is 0.411 bits per heavy atom. The molecule has 0 aliphatic carbocycles. The molecule has 141 heavy (non-hydrogen) atoms. The Morgan fingerprint density at radius 3 is 0.674 bits per heavy atom. The van der Waals surface area contributed by atoms with Crippen molar-refractivity contribution in [2.45, 2.75) is 106 Å². The topological polar surface area (TPSA) is 294 Å². The minimum absolute atomic E-state index is 0.0278. The molecular formula is C118H108F6O15SSi. The zero-order valence-electron chi connectivity index (χ0n) is 78.6. The molecule has 0 bridgehead atoms. The number of halogens is 6. The summed E-state index contributed by atoms with van der Waals surface area (Å²) >= 11 is 0. The fraction of sp³-hybridized carbons (Fsp3) is 0.127. The number of phenols is 12. The van der Waals surface area contributed by atoms with Crippen LogP contribution in [0.1, 0.15) is 125 Å². The van der Waals surface area contributed by atoms with Crippen LogP contribution in [0.25, 0.3) is 0 Å². The van der Waals surface area contributed by atoms with Crippen LogP contribution in [-0.4, -0.2) is 95.9 Å². The number of rotatable bonds is 17. The number of aryl methyl sites for hydroxylation is 5. The van der Waals surface area contributed by atoms with Crippen LogP contribution in [-0.2, 0) is 26.1 Å². The van der Waals surface area contributed by atoms with Crippen molar-refractivity contribution in [3.05, 3.63) is 513 Å². The van der Waals surface area contributed by atoms with Crippen LogP contribution < -0.4 is 10.4 Å². The molecule has 722 valence electrons. The zero-order valence-corrected chi connectivity index (χ0v) is 80.4. The minimum atomic E-state index is -5.61. The standard InChI is InChI=1S/C25H20O4.C19H16O3.C16H12F6O.C16H18O.C15H18OSi.C14H12O2.C13H12O3S/c26-21-9-1-17(2-10-21)25(18-3-11-22(27)12-4-18,19-5-13-23(28)14-6-19)20-7-15-24(29)16-8-20;20-16-7-1-13(2-8-16)19(14-3-9-17(21)10-4-14)15-5-11-18(22)12-6-15;1-10-2-4-11(5-3-10)14(15(17,18)19,16(20,21)22)12-6-8-13(23)9-7-12;1-12-4-6-13(7-5-12)16(2,3)14-8-10-15(17)11-9-14;1-12-4-8-14(9-5-12)17(2,3)15-10-6-13(16)7-11-15;1-10-2-4-11(5-3-10)14(16)12-6-8-13(15)9-7-12;1-10-2-6-12(7-3-10)17(15,16)13-8-4-11(14)5-9-13/h1-16,26-29H;1-12,19-22H;2-9,23H,1H3;4-11,17H,1-3H3;4-11,16H,1-3H3;2-9,15H,1H3;2-9,14H,1H3. The van der Waals surface area contributed by atoms with Crippen molar-refractivity contribution in [3.8, 4) is 69.0 Å². The van der Waals surface area contributed by atoms with Gasteiger partial charge in [-0.25, -0.2) is 8.42 Å². The Kier molecular flexibility index (Phi) is 34.2. The van der Waals surface area contributed by atoms with Crippen LogP contribution in [0.4, 0.5) is 26.3 Å². The van der Waals surface area contributed by atoms with E-state index in [1.54, 1.807) is 153 Å². The summed E-state index contributed by atoms with van der Waals surface area (Å²) in [7, 11) is -5.10. The van der Waals surface area contributed by atoms with Gasteiger partial charge in [0.2, 0.25) is 15.3 Å². The van der Waals surface area contributed by atoms with Crippen LogP contribution in [0.2, 0.25) is 13.1 Å². The molecule has 17 aromatic rings. The summed E-state index contributed by atoms with van der Waals surface area (Å²) in [6.07, 6.45) is -11.2. The van der Waals surface area contributed by atoms with Gasteiger partial charge in [0.15, 0.2) is 5.78 Å². The number of hydrogen-bond donors (Lipinski definition) is 12. The number of hydrogen-bond acceptors (Lipinski definition) is 15. The zero-order chi connectivity index (χ0) is 102. The van der Waals surface area contributed by atoms with Gasteiger partial charge in [-0.2, -0.15) is 26.3 Å². The van der Waals surface area contributed by atoms with Gasteiger partial charge in [-0.3, -0.25) is 4.79 Å². The van der Waals surface area contributed by atoms with Gasteiger partial charge in [-0.15, -0.1) is 0 Å². The highest BCUT2D eigenvalue weighted by atomic mass is 32.2. The Hall–Kier alpha value is -16.2. The van der Waals surface area contributed by atoms with E-state index in [0.29, 0.717) is 40.3 Å². The number of carbonyl (C=O) groups excluding carboxylic acids is 1. The van der Waals surface area contributed by atoms with Crippen LogP contribution in [0.3, 0.4) is 0 Å². The van der Waals surface area contributed by atoms with Gasteiger partial charge in [0.25, 0.3) is 0 Å². The van der Waals surface area contributed by atoms with Crippen molar-refractivity contribution in [2.75, 3.05) is 0 Å². The number of ketones is 1. The van der Waals surface area contributed by atoms with Gasteiger partial charge >= 0.3 is 12.4 Å². The molecule has 0 heterocycles. The van der Waals surface area contributed by atoms with Crippen molar-refractivity contribution < 1.29 is 101 Å². The van der Waals surface area contributed by atoms with Crippen molar-refractivity contribution >= 4 is 34.1 Å². The second kappa shape index (κ2) is 45.8. The smallest absolute Gasteiger partial charge is 0.411 e. The number of aromatic hydroxyl groups is 12. The maximum atomic E-state index is 13.7. The van der Waals surface area contributed by atoms with Crippen molar-refractivity contribution in [1.82, 2.24) is 0 Å². The summed E-state index contributed by atoms with van der Waals surface area (Å²) in [4.78, 5) is 12.4. The van der Waals surface area contributed by atoms with Gasteiger partial charge in [-0.1, -0.05) is 296 Å². The van der Waals surface area contributed by atoms with E-state index in [9.17, 15) is 90.6 Å². The molecule has 0 saturated heterocycles. The fourth-order valence-corrected chi connectivity index (χ4v) is 19.5. The average molecular weight is 1940 g/mol. The quantitative estimate of drug-likeness (QED) is 0.0175. The molecule has 12 N–H and O–H groups in total. The van der Waals surface area contributed by atoms with Crippen molar-refractivity contribution in [3.63, 3.8) is 0 Å². The summed E-state index contributed by atoms with van der Waals surface area (Å²) in [5.41, 5.74) is 8.67. The number of benzene rings is 17. The van der Waals surface area contributed by atoms with E-state index in [1.165, 1.54) is 81.2 Å². The summed E-state index contributed by atoms with van der Waals surface area (Å²) < 4.78 is 106. The van der Waals surface area contributed by atoms with Gasteiger partial charge in [0.1, 0.15) is 77.1 Å². The van der Waals surface area contributed by atoms with Gasteiger partial charge in [0.05, 0.1) is 15.2 Å². The second-order valence-electron chi connectivity index (χ2n) is 34.9. The third kappa shape index (κ3) is 26.4. The Morgan fingerprint density at radius 1 is 0.241 bits per heavy atom. The Balaban J connectivity index is 0.000000159. The average Bonchev–Trinajstić information content (AvgIpc) is 0.716. The van der Waals surface area contributed by atoms with Gasteiger partial charge in [-0.05, 0) is 278 Å². The first kappa shape index (κ1) is 105. The first-order valence-corrected chi connectivity index (χ1v) is 49.1. The molecule has 0 aromatic heterocycles. The van der Waals surface area contributed by atoms with Crippen molar-refractivity contribution in [2.24, 2.45) is 0 Å². The number of carbonyl (C=O) groups is 1. The lowest BCUT2D eigenvalue weighted by Crippen LogP contribution is -2.54. The highest BCUT2D eigenvalue weighted by molar-refractivity contribution is 7.91. The maximum absolute atomic E-state index is 13.7. The normalized spacial score (nSPS) is 11.4. The highest BCUT2D eigenvalue weighted by Crippen LogP contribution is 2.57. The SMILES string of the molecule is Cc1ccc(C(=O)c2ccc(O)cc2)cc1.Cc1ccc(C(C)(C)c2ccc(O)cc2)cc1.Cc1ccc(C(c2ccc(O)cc2)(C(F)(F)F)C(F)(F)F)cc1.Cc1ccc(S(=O)(=O)c2ccc(O)cc2)cc1.Cc1ccc([Si](C)(C)c2ccc(O)cc2)cc1.Oc1ccc(C(c2ccc(O)cc2)(c2ccc(O)cc2)c2ccc(O)cc2)cc1.Oc1ccc(C(c2ccc(O)cc2)c2ccc(O)cc2)cc1. The molecule has 0 saturated carbocycles. The molecule has 0 unspecified atom stereocenters. The summed E-state index contributed by atoms with van der Waals surface area (Å²) in [5.74, 6) is 1.67. The lowest BCUT2D eigenvalue weighted by atomic mass is 9.65. The summed E-state index contributed by atoms with van der Waals surface area (Å²) in [6, 6.07) is 114. The predicted octanol–water partition coefficient (Wildman–Crippen LogP) is 26.0. The van der Waals surface area contributed by atoms with E-state index < -0.39 is 58.0 Å². The summed E-state index contributed by atoms with van der Waals surface area (Å²) in [5, 5.41) is 117. The molecule has 0 radical (unpaired) electrons. The number of phenolic OH excluding ortho intramolecular Hbond substituents is 12. The van der Waals surface area contributed by atoms with Crippen LogP contribution in [0.5, 0.6) is 69.0 Å². The van der Waals surface area contributed by atoms with E-state index in [4.69, 9.17) is 10.2 Å². The number of sulfone groups is 1. The highest BCUT2D eigenvalue weighted by Gasteiger charge is 2.72. The molecule has 15 nitrogen and oxygen atoms in total. The molecule has 0 amide bonds. The maximum Gasteiger partial charge on any atom is 0.411 e. The molecule has 0 spiro atoms. The van der Waals surface area contributed by atoms with E-state index in [2.05, 4.69) is 89.3 Å². The van der Waals surface area contributed by atoms with Gasteiger partial charge < -0.3 is 61.3 Å². The molecular weight excluding hydrogens is 1830 g/mol. The Bertz CT molecular complexity index is 6360. The lowest BCUT2D eigenvalue weighted by molar-refractivity contribution is -0.288. The van der Waals surface area contributed by atoms with E-state index in [1.807, 2.05) is 147 Å². The monoisotopic (exact) mass is 1940 g/mol. The second-order valence-corrected chi connectivity index (χ2v) is 41.3. The van der Waals surface area contributed by atoms with E-state index >= 15 is 0 Å². The molecule has 0 aliphatic rings. The molecule has 17 rings (SSSR count). The largest absolute Gasteiger partial charge is 0.508 e. The number of alkyl halides is 6. The van der Waals surface area contributed by atoms with Crippen LogP contribution in [0.15, 0.2) is 422 Å². The molecule has 0 aliphatic heterocycles. The van der Waals surface area contributed by atoms with E-state index in [-0.39, 0.29) is 78.7 Å². The third-order valence-corrected chi connectivity index (χ3v) is 29.5. The predicted molar refractivity (Wildman–Crippen MR) is 544 cm³/mol. The third-order valence-electron chi connectivity index (χ3n) is 24.2. The fourth-order valence-electron chi connectivity index (χ4n) is 15.9. The molecule has 17 aromatic carbocycles. The van der Waals surface area contributed by atoms with Crippen LogP contribution in [0, 0.1) is 34.6 Å². The molecule has 23 heteroatoms. The molecule has 0 fully saturated rings. The first-order chi connectivity index (χ1) is 66.8. The van der Waals surface area contributed by atoms with Gasteiger partial charge in [0, 0.05) is 22.5 Å².